The Labute approximate surface area is 111 Å². The van der Waals surface area contributed by atoms with Crippen molar-refractivity contribution in [3.8, 4) is 0 Å². The van der Waals surface area contributed by atoms with Gasteiger partial charge in [-0.1, -0.05) is 35.0 Å². The summed E-state index contributed by atoms with van der Waals surface area (Å²) >= 11 is 5.33. The summed E-state index contributed by atoms with van der Waals surface area (Å²) in [7, 11) is 0. The van der Waals surface area contributed by atoms with E-state index in [1.165, 1.54) is 4.90 Å². The second kappa shape index (κ2) is 7.93. The van der Waals surface area contributed by atoms with Gasteiger partial charge >= 0.3 is 0 Å². The lowest BCUT2D eigenvalue weighted by Crippen LogP contribution is -2.29. The van der Waals surface area contributed by atoms with Crippen LogP contribution in [0.3, 0.4) is 0 Å². The fraction of sp³-hybridized carbons (Fsp3) is 0.385. The van der Waals surface area contributed by atoms with Crippen LogP contribution in [0, 0.1) is 0 Å². The molecule has 0 aliphatic carbocycles. The lowest BCUT2D eigenvalue weighted by Gasteiger charge is -2.13. The van der Waals surface area contributed by atoms with Gasteiger partial charge in [-0.2, -0.15) is 0 Å². The van der Waals surface area contributed by atoms with Gasteiger partial charge < -0.3 is 5.32 Å². The number of halogens is 1. The topological polar surface area (TPSA) is 12.0 Å². The van der Waals surface area contributed by atoms with Crippen LogP contribution in [-0.2, 0) is 0 Å². The minimum Gasteiger partial charge on any atom is -0.310 e. The Morgan fingerprint density at radius 3 is 3.00 bits per heavy atom. The van der Waals surface area contributed by atoms with Crippen molar-refractivity contribution < 1.29 is 0 Å². The molecule has 1 rings (SSSR count). The van der Waals surface area contributed by atoms with E-state index in [2.05, 4.69) is 52.9 Å². The monoisotopic (exact) mass is 299 g/mol. The Morgan fingerprint density at radius 2 is 2.38 bits per heavy atom. The van der Waals surface area contributed by atoms with Crippen LogP contribution in [0.2, 0.25) is 0 Å². The maximum atomic E-state index is 3.86. The Balaban J connectivity index is 2.40. The molecule has 1 aromatic rings. The van der Waals surface area contributed by atoms with Gasteiger partial charge in [0.2, 0.25) is 0 Å². The largest absolute Gasteiger partial charge is 0.310 e. The van der Waals surface area contributed by atoms with Gasteiger partial charge in [0.1, 0.15) is 0 Å². The first-order valence-electron chi connectivity index (χ1n) is 5.50. The van der Waals surface area contributed by atoms with Gasteiger partial charge in [-0.25, -0.2) is 0 Å². The smallest absolute Gasteiger partial charge is 0.0342 e. The van der Waals surface area contributed by atoms with Gasteiger partial charge in [0.25, 0.3) is 0 Å². The van der Waals surface area contributed by atoms with Crippen LogP contribution in [0.15, 0.2) is 46.3 Å². The predicted octanol–water partition coefficient (Wildman–Crippen LogP) is 4.10. The first-order valence-corrected chi connectivity index (χ1v) is 7.28. The summed E-state index contributed by atoms with van der Waals surface area (Å²) in [6.07, 6.45) is 3.15. The van der Waals surface area contributed by atoms with Gasteiger partial charge in [-0.05, 0) is 31.2 Å². The van der Waals surface area contributed by atoms with Crippen LogP contribution >= 0.6 is 27.7 Å². The average molecular weight is 300 g/mol. The second-order valence-corrected chi connectivity index (χ2v) is 5.57. The Morgan fingerprint density at radius 1 is 1.56 bits per heavy atom. The predicted molar refractivity (Wildman–Crippen MR) is 77.1 cm³/mol. The summed E-state index contributed by atoms with van der Waals surface area (Å²) in [6.45, 7) is 7.09. The number of thioether (sulfide) groups is 1. The molecule has 0 radical (unpaired) electrons. The van der Waals surface area contributed by atoms with E-state index in [-0.39, 0.29) is 0 Å². The van der Waals surface area contributed by atoms with Gasteiger partial charge in [0.15, 0.2) is 0 Å². The van der Waals surface area contributed by atoms with E-state index in [1.54, 1.807) is 0 Å². The molecular formula is C13H18BrNS. The number of rotatable bonds is 7. The van der Waals surface area contributed by atoms with E-state index < -0.39 is 0 Å². The molecule has 0 saturated heterocycles. The van der Waals surface area contributed by atoms with Crippen molar-refractivity contribution in [3.05, 3.63) is 41.4 Å². The van der Waals surface area contributed by atoms with Crippen molar-refractivity contribution in [1.29, 1.82) is 0 Å². The number of hydrogen-bond donors (Lipinski definition) is 1. The average Bonchev–Trinajstić information content (AvgIpc) is 2.29. The summed E-state index contributed by atoms with van der Waals surface area (Å²) in [5, 5.41) is 3.45. The normalized spacial score (nSPS) is 12.4. The molecule has 1 nitrogen and oxygen atoms in total. The Kier molecular flexibility index (Phi) is 6.85. The molecule has 0 aliphatic heterocycles. The molecule has 0 aliphatic rings. The van der Waals surface area contributed by atoms with Crippen molar-refractivity contribution in [2.75, 3.05) is 12.3 Å². The van der Waals surface area contributed by atoms with E-state index in [0.29, 0.717) is 6.04 Å². The molecule has 0 amide bonds. The van der Waals surface area contributed by atoms with E-state index >= 15 is 0 Å². The molecule has 1 unspecified atom stereocenters. The maximum absolute atomic E-state index is 3.86. The molecule has 0 bridgehead atoms. The summed E-state index contributed by atoms with van der Waals surface area (Å²) in [6, 6.07) is 8.78. The summed E-state index contributed by atoms with van der Waals surface area (Å²) in [5.41, 5.74) is 0. The van der Waals surface area contributed by atoms with Crippen LogP contribution in [0.5, 0.6) is 0 Å². The zero-order valence-corrected chi connectivity index (χ0v) is 12.0. The Bertz CT molecular complexity index is 327. The van der Waals surface area contributed by atoms with Crippen LogP contribution < -0.4 is 5.32 Å². The molecule has 0 fully saturated rings. The quantitative estimate of drug-likeness (QED) is 0.601. The van der Waals surface area contributed by atoms with E-state index in [1.807, 2.05) is 23.9 Å². The molecule has 0 spiro atoms. The number of hydrogen-bond acceptors (Lipinski definition) is 2. The lowest BCUT2D eigenvalue weighted by atomic mass is 10.3. The molecular weight excluding hydrogens is 282 g/mol. The third-order valence-corrected chi connectivity index (χ3v) is 3.77. The fourth-order valence-electron chi connectivity index (χ4n) is 1.28. The molecule has 88 valence electrons. The third kappa shape index (κ3) is 5.19. The maximum Gasteiger partial charge on any atom is 0.0342 e. The van der Waals surface area contributed by atoms with Gasteiger partial charge in [-0.15, -0.1) is 18.3 Å². The zero-order valence-electron chi connectivity index (χ0n) is 9.58. The highest BCUT2D eigenvalue weighted by molar-refractivity contribution is 9.10. The number of benzene rings is 1. The lowest BCUT2D eigenvalue weighted by molar-refractivity contribution is 0.630. The third-order valence-electron chi connectivity index (χ3n) is 2.17. The van der Waals surface area contributed by atoms with Crippen molar-refractivity contribution in [3.63, 3.8) is 0 Å². The van der Waals surface area contributed by atoms with Crippen molar-refractivity contribution in [2.24, 2.45) is 0 Å². The molecule has 1 aromatic carbocycles. The van der Waals surface area contributed by atoms with Crippen LogP contribution in [-0.4, -0.2) is 18.3 Å². The van der Waals surface area contributed by atoms with Gasteiger partial charge in [0.05, 0.1) is 0 Å². The van der Waals surface area contributed by atoms with Gasteiger partial charge in [0, 0.05) is 21.2 Å². The van der Waals surface area contributed by atoms with Crippen molar-refractivity contribution in [1.82, 2.24) is 5.32 Å². The SMILES string of the molecule is C=CC(CSc1cccc(Br)c1)NCCC. The van der Waals surface area contributed by atoms with E-state index in [4.69, 9.17) is 0 Å². The first-order chi connectivity index (χ1) is 7.76. The highest BCUT2D eigenvalue weighted by Crippen LogP contribution is 2.22. The Hall–Kier alpha value is -0.250. The molecule has 0 aromatic heterocycles. The highest BCUT2D eigenvalue weighted by Gasteiger charge is 2.03. The number of nitrogens with one attached hydrogen (secondary N) is 1. The second-order valence-electron chi connectivity index (χ2n) is 3.56. The van der Waals surface area contributed by atoms with E-state index in [9.17, 15) is 0 Å². The van der Waals surface area contributed by atoms with Gasteiger partial charge in [-0.3, -0.25) is 0 Å². The molecule has 0 saturated carbocycles. The molecule has 1 atom stereocenters. The van der Waals surface area contributed by atoms with E-state index in [0.717, 1.165) is 23.2 Å². The van der Waals surface area contributed by atoms with Crippen LogP contribution in [0.25, 0.3) is 0 Å². The highest BCUT2D eigenvalue weighted by atomic mass is 79.9. The van der Waals surface area contributed by atoms with Crippen LogP contribution in [0.4, 0.5) is 0 Å². The zero-order chi connectivity index (χ0) is 11.8. The van der Waals surface area contributed by atoms with Crippen molar-refractivity contribution >= 4 is 27.7 Å². The van der Waals surface area contributed by atoms with Crippen LogP contribution in [0.1, 0.15) is 13.3 Å². The summed E-state index contributed by atoms with van der Waals surface area (Å²) in [4.78, 5) is 1.29. The van der Waals surface area contributed by atoms with Crippen molar-refractivity contribution in [2.45, 2.75) is 24.3 Å². The molecule has 1 N–H and O–H groups in total. The summed E-state index contributed by atoms with van der Waals surface area (Å²) in [5.74, 6) is 1.03. The minimum absolute atomic E-state index is 0.393. The fourth-order valence-corrected chi connectivity index (χ4v) is 2.84. The standard InChI is InChI=1S/C13H18BrNS/c1-3-8-15-12(4-2)10-16-13-7-5-6-11(14)9-13/h4-7,9,12,15H,2-3,8,10H2,1H3. The molecule has 3 heteroatoms. The minimum atomic E-state index is 0.393. The first kappa shape index (κ1) is 13.8. The molecule has 0 heterocycles. The molecule has 16 heavy (non-hydrogen) atoms. The summed E-state index contributed by atoms with van der Waals surface area (Å²) < 4.78 is 1.13.